The Balaban J connectivity index is -0.0000000165. The maximum atomic E-state index is 8.36. The van der Waals surface area contributed by atoms with Gasteiger partial charge >= 0.3 is 236 Å². The summed E-state index contributed by atoms with van der Waals surface area (Å²) in [5.74, 6) is 0. The molecule has 0 aliphatic carbocycles. The zero-order valence-electron chi connectivity index (χ0n) is 41.9. The zero-order chi connectivity index (χ0) is 71.5. The van der Waals surface area contributed by atoms with Crippen molar-refractivity contribution >= 4 is 0 Å². The molecule has 0 heterocycles. The Morgan fingerprint density at radius 3 is 0.114 bits per heavy atom. The smallest absolute Gasteiger partial charge is 0.356 e. The molecule has 0 saturated carbocycles. The molecule has 0 aliphatic heterocycles. The van der Waals surface area contributed by atoms with Crippen molar-refractivity contribution in [2.75, 3.05) is 0 Å². The average Bonchev–Trinajstić information content (AvgIpc) is 2.99. The number of nitrogens with zero attached hydrogens (tertiary/aromatic N) is 20. The van der Waals surface area contributed by atoms with Crippen molar-refractivity contribution in [1.82, 2.24) is 0 Å². The first-order chi connectivity index (χ1) is 34.6. The van der Waals surface area contributed by atoms with Crippen LogP contribution in [0.25, 0.3) is 0 Å². The van der Waals surface area contributed by atoms with Crippen molar-refractivity contribution in [2.45, 2.75) is 0 Å². The van der Waals surface area contributed by atoms with Crippen LogP contribution in [0.2, 0.25) is 0 Å². The van der Waals surface area contributed by atoms with Crippen molar-refractivity contribution in [3.8, 4) is 0 Å². The van der Waals surface area contributed by atoms with Gasteiger partial charge in [0.25, 0.3) is 61.0 Å². The summed E-state index contributed by atoms with van der Waals surface area (Å²) >= 11 is 0. The van der Waals surface area contributed by atoms with E-state index in [1.54, 1.807) is 0 Å². The third kappa shape index (κ3) is 7230. The maximum Gasteiger partial charge on any atom is 1.00 e. The summed E-state index contributed by atoms with van der Waals surface area (Å²) < 4.78 is 0. The average molecular weight is 1440 g/mol. The van der Waals surface area contributed by atoms with Crippen LogP contribution >= 0.6 is 0 Å². The Morgan fingerprint density at radius 1 is 0.114 bits per heavy atom. The quantitative estimate of drug-likeness (QED) is 0.0609. The van der Waals surface area contributed by atoms with Gasteiger partial charge < -0.3 is 185 Å². The molecular formula is H12N20Na8O60. The second-order valence-corrected chi connectivity index (χ2v) is 4.64. The zero-order valence-corrected chi connectivity index (χ0v) is 57.9. The Labute approximate surface area is 637 Å². The van der Waals surface area contributed by atoms with Crippen LogP contribution in [0.4, 0.5) is 0 Å². The summed E-state index contributed by atoms with van der Waals surface area (Å²) in [6.45, 7) is 0. The van der Waals surface area contributed by atoms with Crippen LogP contribution in [0, 0.1) is 244 Å². The molecule has 0 unspecified atom stereocenters. The fraction of sp³-hybridized carbons (Fsp3) is 0. The third-order valence-corrected chi connectivity index (χ3v) is 0. The van der Waals surface area contributed by atoms with Gasteiger partial charge in [-0.1, -0.05) is 0 Å². The molecule has 480 valence electrons. The molecule has 0 radical (unpaired) electrons. The topological polar surface area (TPSA) is 1290 Å². The summed E-state index contributed by atoms with van der Waals surface area (Å²) in [4.78, 5) is 166. The molecule has 0 aromatic carbocycles. The molecule has 0 rings (SSSR count). The van der Waals surface area contributed by atoms with Gasteiger partial charge in [-0.2, -0.15) is 0 Å². The van der Waals surface area contributed by atoms with Crippen LogP contribution in [0.3, 0.4) is 0 Å². The predicted molar refractivity (Wildman–Crippen MR) is 188 cm³/mol. The molecule has 88 heteroatoms. The summed E-state index contributed by atoms with van der Waals surface area (Å²) in [5.41, 5.74) is 0. The van der Waals surface area contributed by atoms with E-state index in [0.29, 0.717) is 0 Å². The van der Waals surface area contributed by atoms with Crippen LogP contribution in [0.5, 0.6) is 0 Å². The summed E-state index contributed by atoms with van der Waals surface area (Å²) in [6.07, 6.45) is 0. The SMILES string of the molecule is O=[N+]([O-])O.O=[N+]([O-])O.O=[N+]([O-])O.O=[N+]([O-])O.O=[N+]([O-])O.O=[N+]([O-])O.O=[N+]([O-])O.O=[N+]([O-])O.O=[N+]([O-])O.O=[N+]([O-])O.O=[N+]([O-])O.O=[N+]([O-])O.O=[N+]([O-])[O-].O=[N+]([O-])[O-].O=[N+]([O-])[O-].O=[N+]([O-])[O-].O=[N+]([O-])[O-].O=[N+]([O-])[O-].O=[N+]([O-])[O-].O=[N+]([O-])[O-].[Na+].[Na+].[Na+].[Na+].[Na+].[Na+].[Na+].[Na+]. The normalized spacial score (nSPS) is 5.45. The third-order valence-electron chi connectivity index (χ3n) is 0. The summed E-state index contributed by atoms with van der Waals surface area (Å²) in [5, 5.41) is 282. The molecular weight excluding hydrogens is 1420 g/mol. The monoisotopic (exact) mass is 1440 g/mol. The Morgan fingerprint density at radius 2 is 0.114 bits per heavy atom. The van der Waals surface area contributed by atoms with Gasteiger partial charge in [0.1, 0.15) is 0 Å². The molecule has 0 saturated heterocycles. The van der Waals surface area contributed by atoms with E-state index in [-0.39, 0.29) is 236 Å². The van der Waals surface area contributed by atoms with E-state index in [1.807, 2.05) is 0 Å². The van der Waals surface area contributed by atoms with Crippen molar-refractivity contribution in [1.29, 1.82) is 0 Å². The van der Waals surface area contributed by atoms with E-state index < -0.39 is 102 Å². The van der Waals surface area contributed by atoms with E-state index in [1.165, 1.54) is 0 Å². The van der Waals surface area contributed by atoms with Crippen molar-refractivity contribution < 1.29 is 401 Å². The fourth-order valence-corrected chi connectivity index (χ4v) is 0. The Kier molecular flexibility index (Phi) is 373. The fourth-order valence-electron chi connectivity index (χ4n) is 0. The van der Waals surface area contributed by atoms with Gasteiger partial charge in [0, 0.05) is 0 Å². The summed E-state index contributed by atoms with van der Waals surface area (Å²) in [7, 11) is 0. The van der Waals surface area contributed by atoms with Crippen LogP contribution < -0.4 is 236 Å². The molecule has 0 spiro atoms. The molecule has 0 bridgehead atoms. The number of hydrogen-bond donors (Lipinski definition) is 12. The van der Waals surface area contributed by atoms with E-state index in [0.717, 1.165) is 0 Å². The molecule has 0 aliphatic rings. The van der Waals surface area contributed by atoms with Gasteiger partial charge in [-0.15, -0.1) is 121 Å². The number of hydrogen-bond acceptors (Lipinski definition) is 48. The standard InChI is InChI=1S/12HNO3.8NO3.8Na/c20*2-1(3)4;;;;;;;;/h12*(H,2,3,4);;;;;;;;;;;;;;;;/q;;;;;;;;;;;;8*-1;8*+1. The molecule has 12 N–H and O–H groups in total. The molecule has 0 aromatic rings. The van der Waals surface area contributed by atoms with Gasteiger partial charge in [0.15, 0.2) is 0 Å². The minimum Gasteiger partial charge on any atom is -0.356 e. The van der Waals surface area contributed by atoms with E-state index >= 15 is 0 Å². The van der Waals surface area contributed by atoms with Gasteiger partial charge in [-0.3, -0.25) is 0 Å². The first-order valence-electron chi connectivity index (χ1n) is 11.2. The minimum absolute atomic E-state index is 0. The molecule has 88 heavy (non-hydrogen) atoms. The predicted octanol–water partition coefficient (Wildman–Crippen LogP) is -30.1. The van der Waals surface area contributed by atoms with Gasteiger partial charge in [-0.25, -0.2) is 0 Å². The second-order valence-electron chi connectivity index (χ2n) is 4.64. The van der Waals surface area contributed by atoms with Gasteiger partial charge in [0.05, 0.1) is 40.7 Å². The Bertz CT molecular complexity index is 1080. The molecule has 0 atom stereocenters. The van der Waals surface area contributed by atoms with Crippen molar-refractivity contribution in [3.63, 3.8) is 0 Å². The van der Waals surface area contributed by atoms with Crippen molar-refractivity contribution in [3.05, 3.63) is 244 Å². The molecule has 0 amide bonds. The number of rotatable bonds is 0. The molecule has 0 aromatic heterocycles. The second kappa shape index (κ2) is 178. The van der Waals surface area contributed by atoms with Gasteiger partial charge in [-0.05, 0) is 0 Å². The van der Waals surface area contributed by atoms with Crippen LogP contribution in [-0.4, -0.2) is 164 Å². The van der Waals surface area contributed by atoms with Crippen molar-refractivity contribution in [2.24, 2.45) is 0 Å². The van der Waals surface area contributed by atoms with E-state index in [9.17, 15) is 0 Å². The summed E-state index contributed by atoms with van der Waals surface area (Å²) in [6, 6.07) is 0. The van der Waals surface area contributed by atoms with Gasteiger partial charge in [0.2, 0.25) is 0 Å². The molecule has 80 nitrogen and oxygen atoms in total. The maximum absolute atomic E-state index is 8.36. The minimum atomic E-state index is -1.75. The van der Waals surface area contributed by atoms with Crippen LogP contribution in [0.1, 0.15) is 0 Å². The van der Waals surface area contributed by atoms with E-state index in [4.69, 9.17) is 306 Å². The Hall–Kier alpha value is -8.00. The largest absolute Gasteiger partial charge is 1.00 e. The van der Waals surface area contributed by atoms with Crippen LogP contribution in [-0.2, 0) is 0 Å². The van der Waals surface area contributed by atoms with Crippen LogP contribution in [0.15, 0.2) is 0 Å². The van der Waals surface area contributed by atoms with E-state index in [2.05, 4.69) is 0 Å². The first kappa shape index (κ1) is 185. The molecule has 0 fully saturated rings. The first-order valence-corrected chi connectivity index (χ1v) is 11.2.